The zero-order chi connectivity index (χ0) is 9.80. The first kappa shape index (κ1) is 10.4. The molecule has 2 heteroatoms. The summed E-state index contributed by atoms with van der Waals surface area (Å²) in [6.07, 6.45) is 9.99. The molecule has 1 N–H and O–H groups in total. The van der Waals surface area contributed by atoms with Crippen LogP contribution in [0.5, 0.6) is 0 Å². The van der Waals surface area contributed by atoms with E-state index in [4.69, 9.17) is 4.74 Å². The molecule has 2 nitrogen and oxygen atoms in total. The Labute approximate surface area is 87.4 Å². The molecule has 0 amide bonds. The van der Waals surface area contributed by atoms with Gasteiger partial charge in [0.2, 0.25) is 0 Å². The third-order valence-corrected chi connectivity index (χ3v) is 3.63. The van der Waals surface area contributed by atoms with Crippen molar-refractivity contribution in [2.24, 2.45) is 0 Å². The maximum Gasteiger partial charge on any atom is 0.0726 e. The highest BCUT2D eigenvalue weighted by Gasteiger charge is 2.24. The van der Waals surface area contributed by atoms with E-state index in [9.17, 15) is 0 Å². The summed E-state index contributed by atoms with van der Waals surface area (Å²) >= 11 is 0. The molecule has 2 aliphatic rings. The molecule has 0 aromatic heterocycles. The highest BCUT2D eigenvalue weighted by atomic mass is 16.5. The molecule has 2 unspecified atom stereocenters. The summed E-state index contributed by atoms with van der Waals surface area (Å²) in [6, 6.07) is 1.32. The molecule has 2 atom stereocenters. The topological polar surface area (TPSA) is 21.3 Å². The molecule has 0 aromatic rings. The second-order valence-corrected chi connectivity index (χ2v) is 4.84. The van der Waals surface area contributed by atoms with Crippen LogP contribution in [0.3, 0.4) is 0 Å². The van der Waals surface area contributed by atoms with Gasteiger partial charge in [-0.05, 0) is 32.6 Å². The first-order valence-corrected chi connectivity index (χ1v) is 6.24. The first-order valence-electron chi connectivity index (χ1n) is 6.24. The zero-order valence-corrected chi connectivity index (χ0v) is 9.30. The Morgan fingerprint density at radius 1 is 1.07 bits per heavy atom. The van der Waals surface area contributed by atoms with Crippen molar-refractivity contribution in [3.63, 3.8) is 0 Å². The minimum absolute atomic E-state index is 0.483. The van der Waals surface area contributed by atoms with Gasteiger partial charge in [0.25, 0.3) is 0 Å². The van der Waals surface area contributed by atoms with Gasteiger partial charge in [0.1, 0.15) is 0 Å². The lowest BCUT2D eigenvalue weighted by Crippen LogP contribution is -2.44. The SMILES string of the molecule is CC(NC1CCCCC1)C1CCCO1. The van der Waals surface area contributed by atoms with Crippen molar-refractivity contribution < 1.29 is 4.74 Å². The third kappa shape index (κ3) is 2.71. The van der Waals surface area contributed by atoms with Crippen LogP contribution in [-0.4, -0.2) is 24.8 Å². The minimum Gasteiger partial charge on any atom is -0.377 e. The molecule has 1 saturated heterocycles. The molecule has 1 aliphatic carbocycles. The van der Waals surface area contributed by atoms with Crippen LogP contribution in [-0.2, 0) is 4.74 Å². The fourth-order valence-electron chi connectivity index (χ4n) is 2.75. The Kier molecular flexibility index (Phi) is 3.82. The van der Waals surface area contributed by atoms with Crippen molar-refractivity contribution in [1.82, 2.24) is 5.32 Å². The molecule has 1 aliphatic heterocycles. The average molecular weight is 197 g/mol. The number of nitrogens with one attached hydrogen (secondary N) is 1. The van der Waals surface area contributed by atoms with Gasteiger partial charge < -0.3 is 10.1 Å². The van der Waals surface area contributed by atoms with Crippen LogP contribution < -0.4 is 5.32 Å². The molecule has 14 heavy (non-hydrogen) atoms. The minimum atomic E-state index is 0.483. The standard InChI is InChI=1S/C12H23NO/c1-10(12-8-5-9-14-12)13-11-6-3-2-4-7-11/h10-13H,2-9H2,1H3. The van der Waals surface area contributed by atoms with Gasteiger partial charge in [0.15, 0.2) is 0 Å². The van der Waals surface area contributed by atoms with Gasteiger partial charge in [-0.2, -0.15) is 0 Å². The van der Waals surface area contributed by atoms with Crippen LogP contribution in [0.25, 0.3) is 0 Å². The summed E-state index contributed by atoms with van der Waals surface area (Å²) in [5, 5.41) is 3.74. The Morgan fingerprint density at radius 3 is 2.50 bits per heavy atom. The van der Waals surface area contributed by atoms with E-state index < -0.39 is 0 Å². The van der Waals surface area contributed by atoms with Crippen LogP contribution >= 0.6 is 0 Å². The summed E-state index contributed by atoms with van der Waals surface area (Å²) < 4.78 is 5.69. The van der Waals surface area contributed by atoms with Crippen molar-refractivity contribution >= 4 is 0 Å². The normalized spacial score (nSPS) is 31.9. The van der Waals surface area contributed by atoms with Crippen LogP contribution in [0.4, 0.5) is 0 Å². The van der Waals surface area contributed by atoms with Gasteiger partial charge in [-0.3, -0.25) is 0 Å². The van der Waals surface area contributed by atoms with Gasteiger partial charge in [0, 0.05) is 18.7 Å². The molecular formula is C12H23NO. The van der Waals surface area contributed by atoms with E-state index in [0.29, 0.717) is 12.1 Å². The highest BCUT2D eigenvalue weighted by molar-refractivity contribution is 4.81. The van der Waals surface area contributed by atoms with Crippen molar-refractivity contribution in [2.75, 3.05) is 6.61 Å². The lowest BCUT2D eigenvalue weighted by Gasteiger charge is -2.29. The lowest BCUT2D eigenvalue weighted by molar-refractivity contribution is 0.0775. The van der Waals surface area contributed by atoms with Crippen LogP contribution in [0.2, 0.25) is 0 Å². The monoisotopic (exact) mass is 197 g/mol. The van der Waals surface area contributed by atoms with Crippen LogP contribution in [0.15, 0.2) is 0 Å². The van der Waals surface area contributed by atoms with E-state index in [1.165, 1.54) is 44.9 Å². The van der Waals surface area contributed by atoms with Gasteiger partial charge in [0.05, 0.1) is 6.10 Å². The summed E-state index contributed by atoms with van der Waals surface area (Å²) in [6.45, 7) is 3.26. The summed E-state index contributed by atoms with van der Waals surface area (Å²) in [4.78, 5) is 0. The summed E-state index contributed by atoms with van der Waals surface area (Å²) in [5.74, 6) is 0. The van der Waals surface area contributed by atoms with Gasteiger partial charge in [-0.15, -0.1) is 0 Å². The molecule has 0 spiro atoms. The highest BCUT2D eigenvalue weighted by Crippen LogP contribution is 2.20. The number of hydrogen-bond donors (Lipinski definition) is 1. The Bertz CT molecular complexity index is 160. The molecule has 82 valence electrons. The molecule has 0 radical (unpaired) electrons. The Balaban J connectivity index is 1.72. The smallest absolute Gasteiger partial charge is 0.0726 e. The zero-order valence-electron chi connectivity index (χ0n) is 9.30. The average Bonchev–Trinajstić information content (AvgIpc) is 2.72. The van der Waals surface area contributed by atoms with E-state index in [1.807, 2.05) is 0 Å². The third-order valence-electron chi connectivity index (χ3n) is 3.63. The van der Waals surface area contributed by atoms with E-state index in [-0.39, 0.29) is 0 Å². The van der Waals surface area contributed by atoms with Crippen molar-refractivity contribution in [1.29, 1.82) is 0 Å². The van der Waals surface area contributed by atoms with E-state index in [2.05, 4.69) is 12.2 Å². The van der Waals surface area contributed by atoms with E-state index >= 15 is 0 Å². The predicted molar refractivity (Wildman–Crippen MR) is 58.4 cm³/mol. The number of ether oxygens (including phenoxy) is 1. The second-order valence-electron chi connectivity index (χ2n) is 4.84. The van der Waals surface area contributed by atoms with Crippen LogP contribution in [0, 0.1) is 0 Å². The maximum absolute atomic E-state index is 5.69. The molecular weight excluding hydrogens is 174 g/mol. The second kappa shape index (κ2) is 5.13. The van der Waals surface area contributed by atoms with Crippen molar-refractivity contribution in [3.8, 4) is 0 Å². The number of rotatable bonds is 3. The fraction of sp³-hybridized carbons (Fsp3) is 1.00. The van der Waals surface area contributed by atoms with Gasteiger partial charge in [-0.1, -0.05) is 19.3 Å². The predicted octanol–water partition coefficient (Wildman–Crippen LogP) is 2.48. The quantitative estimate of drug-likeness (QED) is 0.750. The van der Waals surface area contributed by atoms with Crippen LogP contribution in [0.1, 0.15) is 51.9 Å². The number of hydrogen-bond acceptors (Lipinski definition) is 2. The van der Waals surface area contributed by atoms with Gasteiger partial charge >= 0.3 is 0 Å². The van der Waals surface area contributed by atoms with Gasteiger partial charge in [-0.25, -0.2) is 0 Å². The summed E-state index contributed by atoms with van der Waals surface area (Å²) in [7, 11) is 0. The molecule has 0 bridgehead atoms. The lowest BCUT2D eigenvalue weighted by atomic mass is 9.94. The Morgan fingerprint density at radius 2 is 1.86 bits per heavy atom. The molecule has 2 rings (SSSR count). The van der Waals surface area contributed by atoms with E-state index in [0.717, 1.165) is 12.6 Å². The maximum atomic E-state index is 5.69. The Hall–Kier alpha value is -0.0800. The molecule has 1 heterocycles. The molecule has 0 aromatic carbocycles. The van der Waals surface area contributed by atoms with Crippen molar-refractivity contribution in [3.05, 3.63) is 0 Å². The molecule has 1 saturated carbocycles. The largest absolute Gasteiger partial charge is 0.377 e. The fourth-order valence-corrected chi connectivity index (χ4v) is 2.75. The van der Waals surface area contributed by atoms with Crippen molar-refractivity contribution in [2.45, 2.75) is 70.1 Å². The first-order chi connectivity index (χ1) is 6.86. The molecule has 2 fully saturated rings. The van der Waals surface area contributed by atoms with E-state index in [1.54, 1.807) is 0 Å². The summed E-state index contributed by atoms with van der Waals surface area (Å²) in [5.41, 5.74) is 0.